The summed E-state index contributed by atoms with van der Waals surface area (Å²) in [7, 11) is 0. The van der Waals surface area contributed by atoms with E-state index < -0.39 is 16.9 Å². The lowest BCUT2D eigenvalue weighted by molar-refractivity contribution is -0.385. The van der Waals surface area contributed by atoms with E-state index in [0.717, 1.165) is 12.8 Å². The summed E-state index contributed by atoms with van der Waals surface area (Å²) in [5, 5.41) is 29.0. The lowest BCUT2D eigenvalue weighted by Crippen LogP contribution is -2.44. The maximum Gasteiger partial charge on any atom is 0.326 e. The van der Waals surface area contributed by atoms with Crippen LogP contribution in [0.15, 0.2) is 18.2 Å². The fourth-order valence-corrected chi connectivity index (χ4v) is 2.44. The molecular weight excluding hydrogens is 262 g/mol. The third-order valence-electron chi connectivity index (χ3n) is 3.42. The third-order valence-corrected chi connectivity index (χ3v) is 3.42. The second kappa shape index (κ2) is 5.57. The molecule has 0 radical (unpaired) electrons. The molecule has 1 atom stereocenters. The molecule has 104 valence electrons. The van der Waals surface area contributed by atoms with Gasteiger partial charge in [-0.2, -0.15) is 5.26 Å². The van der Waals surface area contributed by atoms with Gasteiger partial charge in [0.1, 0.15) is 17.7 Å². The van der Waals surface area contributed by atoms with Crippen LogP contribution in [0.1, 0.15) is 24.8 Å². The summed E-state index contributed by atoms with van der Waals surface area (Å²) in [5.74, 6) is -0.934. The molecule has 20 heavy (non-hydrogen) atoms. The Balaban J connectivity index is 2.41. The van der Waals surface area contributed by atoms with E-state index in [9.17, 15) is 20.0 Å². The zero-order valence-corrected chi connectivity index (χ0v) is 10.7. The minimum absolute atomic E-state index is 0.0253. The van der Waals surface area contributed by atoms with Crippen LogP contribution in [0.2, 0.25) is 0 Å². The quantitative estimate of drug-likeness (QED) is 0.666. The number of hydrogen-bond donors (Lipinski definition) is 1. The van der Waals surface area contributed by atoms with Crippen molar-refractivity contribution in [3.8, 4) is 6.07 Å². The highest BCUT2D eigenvalue weighted by atomic mass is 16.6. The number of nitrogens with zero attached hydrogens (tertiary/aromatic N) is 3. The molecular formula is C13H13N3O4. The molecule has 2 rings (SSSR count). The summed E-state index contributed by atoms with van der Waals surface area (Å²) in [6, 6.07) is 5.30. The Morgan fingerprint density at radius 1 is 1.50 bits per heavy atom. The first-order valence-corrected chi connectivity index (χ1v) is 6.22. The van der Waals surface area contributed by atoms with Crippen molar-refractivity contribution in [2.24, 2.45) is 0 Å². The second-order valence-electron chi connectivity index (χ2n) is 4.61. The van der Waals surface area contributed by atoms with Crippen molar-refractivity contribution in [3.63, 3.8) is 0 Å². The average molecular weight is 275 g/mol. The molecule has 0 spiro atoms. The van der Waals surface area contributed by atoms with Gasteiger partial charge in [-0.1, -0.05) is 0 Å². The van der Waals surface area contributed by atoms with Gasteiger partial charge in [0.05, 0.1) is 4.92 Å². The van der Waals surface area contributed by atoms with E-state index in [-0.39, 0.29) is 11.3 Å². The predicted octanol–water partition coefficient (Wildman–Crippen LogP) is 1.91. The van der Waals surface area contributed by atoms with Crippen LogP contribution >= 0.6 is 0 Å². The molecule has 1 unspecified atom stereocenters. The maximum absolute atomic E-state index is 11.3. The second-order valence-corrected chi connectivity index (χ2v) is 4.61. The predicted molar refractivity (Wildman–Crippen MR) is 70.4 cm³/mol. The fraction of sp³-hybridized carbons (Fsp3) is 0.385. The van der Waals surface area contributed by atoms with Gasteiger partial charge in [-0.05, 0) is 31.4 Å². The molecule has 0 bridgehead atoms. The van der Waals surface area contributed by atoms with Gasteiger partial charge < -0.3 is 10.0 Å². The lowest BCUT2D eigenvalue weighted by Gasteiger charge is -2.34. The first kappa shape index (κ1) is 13.8. The van der Waals surface area contributed by atoms with Crippen molar-refractivity contribution in [2.45, 2.75) is 25.3 Å². The highest BCUT2D eigenvalue weighted by Crippen LogP contribution is 2.29. The van der Waals surface area contributed by atoms with Crippen molar-refractivity contribution in [1.82, 2.24) is 0 Å². The van der Waals surface area contributed by atoms with Gasteiger partial charge >= 0.3 is 5.97 Å². The number of piperidine rings is 1. The molecule has 1 aromatic rings. The summed E-state index contributed by atoms with van der Waals surface area (Å²) in [5.41, 5.74) is 0.158. The zero-order chi connectivity index (χ0) is 14.7. The standard InChI is InChI=1S/C13H13N3O4/c14-8-9-4-5-10(7-12(9)16(19)20)15-6-2-1-3-11(15)13(17)18/h4-5,7,11H,1-3,6H2,(H,17,18). The van der Waals surface area contributed by atoms with E-state index in [0.29, 0.717) is 18.7 Å². The Bertz CT molecular complexity index is 594. The molecule has 0 aromatic heterocycles. The molecule has 1 heterocycles. The van der Waals surface area contributed by atoms with Crippen molar-refractivity contribution < 1.29 is 14.8 Å². The molecule has 1 aliphatic rings. The number of benzene rings is 1. The number of nitro groups is 1. The van der Waals surface area contributed by atoms with Crippen LogP contribution in [-0.4, -0.2) is 28.6 Å². The van der Waals surface area contributed by atoms with Gasteiger partial charge in [0.25, 0.3) is 5.69 Å². The van der Waals surface area contributed by atoms with Crippen molar-refractivity contribution >= 4 is 17.3 Å². The van der Waals surface area contributed by atoms with Gasteiger partial charge in [0.15, 0.2) is 0 Å². The average Bonchev–Trinajstić information content (AvgIpc) is 2.46. The number of carbonyl (C=O) groups is 1. The van der Waals surface area contributed by atoms with E-state index in [4.69, 9.17) is 5.26 Å². The molecule has 7 nitrogen and oxygen atoms in total. The normalized spacial score (nSPS) is 18.4. The molecule has 1 N–H and O–H groups in total. The molecule has 1 aliphatic heterocycles. The smallest absolute Gasteiger partial charge is 0.326 e. The Morgan fingerprint density at radius 2 is 2.25 bits per heavy atom. The van der Waals surface area contributed by atoms with Crippen LogP contribution in [0.3, 0.4) is 0 Å². The van der Waals surface area contributed by atoms with Gasteiger partial charge in [0, 0.05) is 18.3 Å². The molecule has 7 heteroatoms. The summed E-state index contributed by atoms with van der Waals surface area (Å²) in [6.07, 6.45) is 2.19. The molecule has 0 aliphatic carbocycles. The van der Waals surface area contributed by atoms with Crippen LogP contribution in [0.25, 0.3) is 0 Å². The monoisotopic (exact) mass is 275 g/mol. The molecule has 0 amide bonds. The van der Waals surface area contributed by atoms with E-state index >= 15 is 0 Å². The minimum atomic E-state index is -0.934. The van der Waals surface area contributed by atoms with Crippen LogP contribution in [-0.2, 0) is 4.79 Å². The van der Waals surface area contributed by atoms with Crippen LogP contribution in [0.4, 0.5) is 11.4 Å². The highest BCUT2D eigenvalue weighted by molar-refractivity contribution is 5.79. The summed E-state index contributed by atoms with van der Waals surface area (Å²) in [6.45, 7) is 0.542. The van der Waals surface area contributed by atoms with Crippen molar-refractivity contribution in [1.29, 1.82) is 5.26 Å². The largest absolute Gasteiger partial charge is 0.480 e. The summed E-state index contributed by atoms with van der Waals surface area (Å²) in [4.78, 5) is 23.2. The Labute approximate surface area is 115 Å². The number of carboxylic acid groups (broad SMARTS) is 1. The first-order valence-electron chi connectivity index (χ1n) is 6.22. The minimum Gasteiger partial charge on any atom is -0.480 e. The number of carboxylic acids is 1. The lowest BCUT2D eigenvalue weighted by atomic mass is 10.0. The number of anilines is 1. The first-order chi connectivity index (χ1) is 9.54. The van der Waals surface area contributed by atoms with E-state index in [1.165, 1.54) is 12.1 Å². The number of aliphatic carboxylic acids is 1. The summed E-state index contributed by atoms with van der Waals surface area (Å²) < 4.78 is 0. The number of nitriles is 1. The zero-order valence-electron chi connectivity index (χ0n) is 10.7. The SMILES string of the molecule is N#Cc1ccc(N2CCCCC2C(=O)O)cc1[N+](=O)[O-]. The highest BCUT2D eigenvalue weighted by Gasteiger charge is 2.29. The molecule has 1 aromatic carbocycles. The number of nitro benzene ring substituents is 1. The molecule has 1 saturated heterocycles. The van der Waals surface area contributed by atoms with Crippen LogP contribution in [0, 0.1) is 21.4 Å². The van der Waals surface area contributed by atoms with E-state index in [1.807, 2.05) is 0 Å². The van der Waals surface area contributed by atoms with E-state index in [1.54, 1.807) is 17.0 Å². The summed E-state index contributed by atoms with van der Waals surface area (Å²) >= 11 is 0. The number of hydrogen-bond acceptors (Lipinski definition) is 5. The molecule has 0 saturated carbocycles. The topological polar surface area (TPSA) is 107 Å². The maximum atomic E-state index is 11.3. The Kier molecular flexibility index (Phi) is 3.84. The van der Waals surface area contributed by atoms with Gasteiger partial charge in [-0.25, -0.2) is 4.79 Å². The van der Waals surface area contributed by atoms with E-state index in [2.05, 4.69) is 0 Å². The van der Waals surface area contributed by atoms with Gasteiger partial charge in [-0.15, -0.1) is 0 Å². The van der Waals surface area contributed by atoms with Crippen molar-refractivity contribution in [3.05, 3.63) is 33.9 Å². The van der Waals surface area contributed by atoms with Gasteiger partial charge in [-0.3, -0.25) is 10.1 Å². The fourth-order valence-electron chi connectivity index (χ4n) is 2.44. The number of rotatable bonds is 3. The van der Waals surface area contributed by atoms with Gasteiger partial charge in [0.2, 0.25) is 0 Å². The Hall–Kier alpha value is -2.62. The van der Waals surface area contributed by atoms with Crippen molar-refractivity contribution in [2.75, 3.05) is 11.4 Å². The van der Waals surface area contributed by atoms with Crippen LogP contribution < -0.4 is 4.90 Å². The Morgan fingerprint density at radius 3 is 2.85 bits per heavy atom. The molecule has 1 fully saturated rings. The van der Waals surface area contributed by atoms with Crippen LogP contribution in [0.5, 0.6) is 0 Å². The third kappa shape index (κ3) is 2.54.